The van der Waals surface area contributed by atoms with Gasteiger partial charge >= 0.3 is 0 Å². The molecule has 0 heterocycles. The zero-order chi connectivity index (χ0) is 20.5. The predicted molar refractivity (Wildman–Crippen MR) is 109 cm³/mol. The molecule has 0 atom stereocenters. The van der Waals surface area contributed by atoms with E-state index in [9.17, 15) is 9.59 Å². The summed E-state index contributed by atoms with van der Waals surface area (Å²) >= 11 is 6.04. The van der Waals surface area contributed by atoms with Crippen LogP contribution in [0.1, 0.15) is 18.9 Å². The summed E-state index contributed by atoms with van der Waals surface area (Å²) in [7, 11) is 1.55. The molecule has 0 fully saturated rings. The Bertz CT molecular complexity index is 884. The quantitative estimate of drug-likeness (QED) is 0.521. The summed E-state index contributed by atoms with van der Waals surface area (Å²) in [6.07, 6.45) is 0.0303. The minimum Gasteiger partial charge on any atom is -0.497 e. The molecule has 2 aromatic rings. The minimum atomic E-state index is -0.437. The second-order valence-corrected chi connectivity index (χ2v) is 6.45. The average molecular weight is 404 g/mol. The number of nitrogens with zero attached hydrogens (tertiary/aromatic N) is 1. The fraction of sp³-hybridized carbons (Fsp3) is 0.250. The Morgan fingerprint density at radius 1 is 1.11 bits per heavy atom. The Labute approximate surface area is 168 Å². The van der Waals surface area contributed by atoms with E-state index in [2.05, 4.69) is 15.8 Å². The highest BCUT2D eigenvalue weighted by molar-refractivity contribution is 6.31. The van der Waals surface area contributed by atoms with Gasteiger partial charge in [-0.05, 0) is 43.7 Å². The summed E-state index contributed by atoms with van der Waals surface area (Å²) in [6.45, 7) is 3.31. The van der Waals surface area contributed by atoms with Gasteiger partial charge in [-0.3, -0.25) is 9.59 Å². The number of ether oxygens (including phenoxy) is 2. The fourth-order valence-corrected chi connectivity index (χ4v) is 2.36. The summed E-state index contributed by atoms with van der Waals surface area (Å²) in [4.78, 5) is 23.9. The van der Waals surface area contributed by atoms with Crippen LogP contribution in [0.5, 0.6) is 11.5 Å². The number of hydrogen-bond acceptors (Lipinski definition) is 5. The molecule has 0 aliphatic heterocycles. The molecule has 0 aromatic heterocycles. The van der Waals surface area contributed by atoms with Crippen LogP contribution in [0.3, 0.4) is 0 Å². The van der Waals surface area contributed by atoms with Crippen LogP contribution in [0.25, 0.3) is 0 Å². The smallest absolute Gasteiger partial charge is 0.277 e. The first-order valence-electron chi connectivity index (χ1n) is 8.52. The number of amides is 2. The second-order valence-electron chi connectivity index (χ2n) is 6.04. The maximum Gasteiger partial charge on any atom is 0.277 e. The monoisotopic (exact) mass is 403 g/mol. The van der Waals surface area contributed by atoms with Gasteiger partial charge in [0.25, 0.3) is 5.91 Å². The lowest BCUT2D eigenvalue weighted by Gasteiger charge is -2.08. The van der Waals surface area contributed by atoms with E-state index in [4.69, 9.17) is 21.1 Å². The third-order valence-corrected chi connectivity index (χ3v) is 4.06. The summed E-state index contributed by atoms with van der Waals surface area (Å²) in [6, 6.07) is 12.2. The second kappa shape index (κ2) is 10.3. The molecule has 8 heteroatoms. The fourth-order valence-electron chi connectivity index (χ4n) is 2.18. The van der Waals surface area contributed by atoms with Gasteiger partial charge in [-0.2, -0.15) is 5.10 Å². The van der Waals surface area contributed by atoms with E-state index in [1.54, 1.807) is 50.4 Å². The molecule has 2 rings (SSSR count). The van der Waals surface area contributed by atoms with Crippen molar-refractivity contribution >= 4 is 34.8 Å². The Kier molecular flexibility index (Phi) is 7.83. The van der Waals surface area contributed by atoms with E-state index in [1.165, 1.54) is 0 Å². The van der Waals surface area contributed by atoms with E-state index >= 15 is 0 Å². The number of anilines is 1. The van der Waals surface area contributed by atoms with Crippen molar-refractivity contribution < 1.29 is 19.1 Å². The van der Waals surface area contributed by atoms with Crippen LogP contribution in [-0.4, -0.2) is 31.2 Å². The zero-order valence-corrected chi connectivity index (χ0v) is 16.7. The zero-order valence-electron chi connectivity index (χ0n) is 15.9. The number of nitrogens with one attached hydrogen (secondary N) is 2. The van der Waals surface area contributed by atoms with E-state index < -0.39 is 5.91 Å². The van der Waals surface area contributed by atoms with Crippen molar-refractivity contribution in [1.29, 1.82) is 0 Å². The highest BCUT2D eigenvalue weighted by Gasteiger charge is 2.07. The first-order valence-corrected chi connectivity index (χ1v) is 8.90. The molecule has 2 aromatic carbocycles. The molecule has 0 bridgehead atoms. The van der Waals surface area contributed by atoms with Gasteiger partial charge in [-0.25, -0.2) is 5.43 Å². The SMILES string of the molecule is COc1cccc(OCC(=O)N/N=C(\C)CC(=O)Nc2ccc(C)c(Cl)c2)c1. The van der Waals surface area contributed by atoms with Gasteiger partial charge in [0.1, 0.15) is 11.5 Å². The van der Waals surface area contributed by atoms with Crippen molar-refractivity contribution in [2.75, 3.05) is 19.0 Å². The first-order chi connectivity index (χ1) is 13.4. The van der Waals surface area contributed by atoms with Gasteiger partial charge < -0.3 is 14.8 Å². The molecule has 0 saturated carbocycles. The first kappa shape index (κ1) is 21.2. The van der Waals surface area contributed by atoms with E-state index in [0.717, 1.165) is 5.56 Å². The molecule has 2 amide bonds. The average Bonchev–Trinajstić information content (AvgIpc) is 2.67. The summed E-state index contributed by atoms with van der Waals surface area (Å²) in [5, 5.41) is 7.22. The molecule has 0 radical (unpaired) electrons. The molecule has 7 nitrogen and oxygen atoms in total. The van der Waals surface area contributed by atoms with Crippen molar-refractivity contribution in [3.63, 3.8) is 0 Å². The van der Waals surface area contributed by atoms with Crippen LogP contribution in [0, 0.1) is 6.92 Å². The number of hydrogen-bond donors (Lipinski definition) is 2. The van der Waals surface area contributed by atoms with Crippen LogP contribution in [0.2, 0.25) is 5.02 Å². The van der Waals surface area contributed by atoms with Crippen LogP contribution in [-0.2, 0) is 9.59 Å². The number of carbonyl (C=O) groups is 2. The summed E-state index contributed by atoms with van der Waals surface area (Å²) in [5.74, 6) is 0.440. The molecule has 0 aliphatic carbocycles. The lowest BCUT2D eigenvalue weighted by molar-refractivity contribution is -0.123. The maximum atomic E-state index is 12.1. The summed E-state index contributed by atoms with van der Waals surface area (Å²) < 4.78 is 10.5. The molecule has 0 unspecified atom stereocenters. The largest absolute Gasteiger partial charge is 0.497 e. The molecule has 0 aliphatic rings. The minimum absolute atomic E-state index is 0.0303. The van der Waals surface area contributed by atoms with Crippen molar-refractivity contribution in [3.8, 4) is 11.5 Å². The number of carbonyl (C=O) groups excluding carboxylic acids is 2. The number of halogens is 1. The van der Waals surface area contributed by atoms with Crippen molar-refractivity contribution in [1.82, 2.24) is 5.43 Å². The van der Waals surface area contributed by atoms with Crippen molar-refractivity contribution in [2.24, 2.45) is 5.10 Å². The van der Waals surface area contributed by atoms with Crippen LogP contribution < -0.4 is 20.2 Å². The van der Waals surface area contributed by atoms with Gasteiger partial charge in [-0.15, -0.1) is 0 Å². The predicted octanol–water partition coefficient (Wildman–Crippen LogP) is 3.56. The highest BCUT2D eigenvalue weighted by Crippen LogP contribution is 2.20. The molecule has 148 valence electrons. The van der Waals surface area contributed by atoms with Crippen molar-refractivity contribution in [2.45, 2.75) is 20.3 Å². The highest BCUT2D eigenvalue weighted by atomic mass is 35.5. The normalized spacial score (nSPS) is 10.9. The molecule has 2 N–H and O–H groups in total. The van der Waals surface area contributed by atoms with Crippen LogP contribution in [0.15, 0.2) is 47.6 Å². The van der Waals surface area contributed by atoms with E-state index in [1.807, 2.05) is 13.0 Å². The molecular formula is C20H22ClN3O4. The van der Waals surface area contributed by atoms with Crippen LogP contribution in [0.4, 0.5) is 5.69 Å². The van der Waals surface area contributed by atoms with Crippen LogP contribution >= 0.6 is 11.6 Å². The van der Waals surface area contributed by atoms with E-state index in [0.29, 0.717) is 27.9 Å². The Morgan fingerprint density at radius 2 is 1.86 bits per heavy atom. The molecular weight excluding hydrogens is 382 g/mol. The number of methoxy groups -OCH3 is 1. The molecule has 0 saturated heterocycles. The number of rotatable bonds is 8. The number of aryl methyl sites for hydroxylation is 1. The van der Waals surface area contributed by atoms with Gasteiger partial charge in [0, 0.05) is 22.5 Å². The van der Waals surface area contributed by atoms with Gasteiger partial charge in [-0.1, -0.05) is 23.7 Å². The Hall–Kier alpha value is -3.06. The van der Waals surface area contributed by atoms with Gasteiger partial charge in [0.15, 0.2) is 6.61 Å². The third-order valence-electron chi connectivity index (χ3n) is 3.65. The molecule has 0 spiro atoms. The lowest BCUT2D eigenvalue weighted by atomic mass is 10.2. The number of hydrazone groups is 1. The lowest BCUT2D eigenvalue weighted by Crippen LogP contribution is -2.26. The Morgan fingerprint density at radius 3 is 2.57 bits per heavy atom. The van der Waals surface area contributed by atoms with Crippen molar-refractivity contribution in [3.05, 3.63) is 53.1 Å². The third kappa shape index (κ3) is 6.92. The van der Waals surface area contributed by atoms with Gasteiger partial charge in [0.05, 0.1) is 13.5 Å². The molecule has 28 heavy (non-hydrogen) atoms. The summed E-state index contributed by atoms with van der Waals surface area (Å²) in [5.41, 5.74) is 4.34. The Balaban J connectivity index is 1.78. The van der Waals surface area contributed by atoms with Gasteiger partial charge in [0.2, 0.25) is 5.91 Å². The topological polar surface area (TPSA) is 89.0 Å². The maximum absolute atomic E-state index is 12.1. The van der Waals surface area contributed by atoms with E-state index in [-0.39, 0.29) is 18.9 Å². The standard InChI is InChI=1S/C20H22ClN3O4/c1-13-7-8-15(10-18(13)21)22-19(25)9-14(2)23-24-20(26)12-28-17-6-4-5-16(11-17)27-3/h4-8,10-11H,9,12H2,1-3H3,(H,22,25)(H,24,26)/b23-14+. The number of benzene rings is 2.